The summed E-state index contributed by atoms with van der Waals surface area (Å²) in [6.45, 7) is 15.7. The Balaban J connectivity index is 2.55. The molecule has 0 unspecified atom stereocenters. The Bertz CT molecular complexity index is 709. The van der Waals surface area contributed by atoms with Crippen molar-refractivity contribution in [2.75, 3.05) is 0 Å². The zero-order chi connectivity index (χ0) is 17.4. The van der Waals surface area contributed by atoms with E-state index in [2.05, 4.69) is 57.7 Å². The van der Waals surface area contributed by atoms with Crippen molar-refractivity contribution in [2.24, 2.45) is 5.41 Å². The zero-order valence-electron chi connectivity index (χ0n) is 15.4. The monoisotopic (exact) mass is 329 g/mol. The van der Waals surface area contributed by atoms with Crippen LogP contribution in [-0.2, 0) is 6.42 Å². The van der Waals surface area contributed by atoms with Gasteiger partial charge < -0.3 is 0 Å². The summed E-state index contributed by atoms with van der Waals surface area (Å²) >= 11 is 0. The normalized spacial score (nSPS) is 12.5. The molecule has 2 rings (SSSR count). The van der Waals surface area contributed by atoms with Gasteiger partial charge >= 0.3 is 0 Å². The number of benzene rings is 1. The Morgan fingerprint density at radius 3 is 2.26 bits per heavy atom. The first-order chi connectivity index (χ1) is 10.5. The van der Waals surface area contributed by atoms with Crippen LogP contribution < -0.4 is 5.19 Å². The topological polar surface area (TPSA) is 12.9 Å². The van der Waals surface area contributed by atoms with Crippen molar-refractivity contribution in [2.45, 2.75) is 53.8 Å². The Morgan fingerprint density at radius 2 is 1.74 bits per heavy atom. The minimum Gasteiger partial charge on any atom is -0.256 e. The van der Waals surface area contributed by atoms with E-state index in [4.69, 9.17) is 0 Å². The third kappa shape index (κ3) is 4.50. The molecule has 0 aliphatic heterocycles. The lowest BCUT2D eigenvalue weighted by Gasteiger charge is -2.26. The molecule has 3 heteroatoms. The highest BCUT2D eigenvalue weighted by Crippen LogP contribution is 2.25. The van der Waals surface area contributed by atoms with Crippen molar-refractivity contribution in [3.05, 3.63) is 47.4 Å². The Labute approximate surface area is 141 Å². The van der Waals surface area contributed by atoms with Crippen molar-refractivity contribution in [3.8, 4) is 11.3 Å². The van der Waals surface area contributed by atoms with Gasteiger partial charge in [-0.15, -0.1) is 0 Å². The van der Waals surface area contributed by atoms with Crippen LogP contribution in [0.3, 0.4) is 0 Å². The summed E-state index contributed by atoms with van der Waals surface area (Å²) in [7, 11) is -1.44. The van der Waals surface area contributed by atoms with Crippen LogP contribution in [-0.4, -0.2) is 13.1 Å². The maximum Gasteiger partial charge on any atom is 0.126 e. The molecule has 23 heavy (non-hydrogen) atoms. The van der Waals surface area contributed by atoms with E-state index in [0.29, 0.717) is 5.56 Å². The quantitative estimate of drug-likeness (QED) is 0.694. The maximum absolute atomic E-state index is 13.5. The summed E-state index contributed by atoms with van der Waals surface area (Å²) in [5.41, 5.74) is 4.21. The zero-order valence-corrected chi connectivity index (χ0v) is 16.4. The molecule has 1 heterocycles. The van der Waals surface area contributed by atoms with E-state index in [0.717, 1.165) is 17.7 Å². The van der Waals surface area contributed by atoms with Gasteiger partial charge in [0.25, 0.3) is 0 Å². The molecule has 0 amide bonds. The van der Waals surface area contributed by atoms with Crippen molar-refractivity contribution in [1.82, 2.24) is 4.98 Å². The van der Waals surface area contributed by atoms with E-state index < -0.39 is 8.07 Å². The minimum atomic E-state index is -1.44. The van der Waals surface area contributed by atoms with Gasteiger partial charge in [0, 0.05) is 11.8 Å². The SMILES string of the molecule is Cc1cc(-c2cc(CC(C)(C)C)c([Si](C)(C)C)cn2)ccc1F. The van der Waals surface area contributed by atoms with Crippen LogP contribution in [0.5, 0.6) is 0 Å². The van der Waals surface area contributed by atoms with E-state index in [1.807, 2.05) is 12.1 Å². The third-order valence-corrected chi connectivity index (χ3v) is 6.04. The molecule has 0 saturated carbocycles. The number of pyridine rings is 1. The van der Waals surface area contributed by atoms with Gasteiger partial charge in [0.2, 0.25) is 0 Å². The molecule has 0 spiro atoms. The summed E-state index contributed by atoms with van der Waals surface area (Å²) in [5.74, 6) is -0.164. The van der Waals surface area contributed by atoms with Gasteiger partial charge in [-0.3, -0.25) is 4.98 Å². The average Bonchev–Trinajstić information content (AvgIpc) is 2.38. The fourth-order valence-corrected chi connectivity index (χ4v) is 4.43. The van der Waals surface area contributed by atoms with E-state index in [-0.39, 0.29) is 11.2 Å². The predicted octanol–water partition coefficient (Wildman–Crippen LogP) is 5.33. The molecule has 0 bridgehead atoms. The molecule has 0 fully saturated rings. The van der Waals surface area contributed by atoms with Crippen LogP contribution in [0.1, 0.15) is 31.9 Å². The number of hydrogen-bond donors (Lipinski definition) is 0. The predicted molar refractivity (Wildman–Crippen MR) is 101 cm³/mol. The van der Waals surface area contributed by atoms with Gasteiger partial charge in [-0.2, -0.15) is 0 Å². The van der Waals surface area contributed by atoms with Gasteiger partial charge in [0.15, 0.2) is 0 Å². The van der Waals surface area contributed by atoms with Crippen LogP contribution in [0.25, 0.3) is 11.3 Å². The van der Waals surface area contributed by atoms with Crippen LogP contribution >= 0.6 is 0 Å². The first kappa shape index (κ1) is 17.9. The number of aryl methyl sites for hydroxylation is 1. The lowest BCUT2D eigenvalue weighted by molar-refractivity contribution is 0.412. The first-order valence-electron chi connectivity index (χ1n) is 8.23. The second kappa shape index (κ2) is 6.20. The van der Waals surface area contributed by atoms with Crippen LogP contribution in [0.2, 0.25) is 19.6 Å². The Kier molecular flexibility index (Phi) is 4.81. The first-order valence-corrected chi connectivity index (χ1v) is 11.7. The molecular weight excluding hydrogens is 301 g/mol. The highest BCUT2D eigenvalue weighted by Gasteiger charge is 2.24. The van der Waals surface area contributed by atoms with Crippen molar-refractivity contribution < 1.29 is 4.39 Å². The second-order valence-electron chi connectivity index (χ2n) is 8.68. The number of halogens is 1. The summed E-state index contributed by atoms with van der Waals surface area (Å²) in [6, 6.07) is 7.44. The number of hydrogen-bond acceptors (Lipinski definition) is 1. The molecule has 0 radical (unpaired) electrons. The molecule has 0 atom stereocenters. The molecule has 0 saturated heterocycles. The van der Waals surface area contributed by atoms with E-state index in [1.165, 1.54) is 16.8 Å². The van der Waals surface area contributed by atoms with E-state index >= 15 is 0 Å². The molecule has 0 aliphatic rings. The Morgan fingerprint density at radius 1 is 1.09 bits per heavy atom. The highest BCUT2D eigenvalue weighted by molar-refractivity contribution is 6.89. The molecule has 1 nitrogen and oxygen atoms in total. The smallest absolute Gasteiger partial charge is 0.126 e. The fraction of sp³-hybridized carbons (Fsp3) is 0.450. The van der Waals surface area contributed by atoms with E-state index in [1.54, 1.807) is 6.92 Å². The fourth-order valence-electron chi connectivity index (χ4n) is 2.85. The number of nitrogens with zero attached hydrogens (tertiary/aromatic N) is 1. The second-order valence-corrected chi connectivity index (χ2v) is 13.7. The largest absolute Gasteiger partial charge is 0.256 e. The summed E-state index contributed by atoms with van der Waals surface area (Å²) in [6.07, 6.45) is 3.09. The van der Waals surface area contributed by atoms with Gasteiger partial charge in [-0.05, 0) is 59.3 Å². The average molecular weight is 330 g/mol. The minimum absolute atomic E-state index is 0.164. The number of rotatable bonds is 3. The van der Waals surface area contributed by atoms with Crippen molar-refractivity contribution >= 4 is 13.3 Å². The van der Waals surface area contributed by atoms with E-state index in [9.17, 15) is 4.39 Å². The van der Waals surface area contributed by atoms with Crippen LogP contribution in [0.4, 0.5) is 4.39 Å². The van der Waals surface area contributed by atoms with Gasteiger partial charge in [-0.1, -0.05) is 40.4 Å². The van der Waals surface area contributed by atoms with Crippen LogP contribution in [0.15, 0.2) is 30.5 Å². The number of aromatic nitrogens is 1. The molecule has 124 valence electrons. The molecule has 1 aromatic heterocycles. The van der Waals surface area contributed by atoms with Gasteiger partial charge in [0.1, 0.15) is 5.82 Å². The molecule has 2 aromatic rings. The molecule has 1 aromatic carbocycles. The molecule has 0 aliphatic carbocycles. The lowest BCUT2D eigenvalue weighted by Crippen LogP contribution is -2.41. The lowest BCUT2D eigenvalue weighted by atomic mass is 9.88. The van der Waals surface area contributed by atoms with Crippen LogP contribution in [0, 0.1) is 18.2 Å². The maximum atomic E-state index is 13.5. The summed E-state index contributed by atoms with van der Waals surface area (Å²) < 4.78 is 13.5. The Hall–Kier alpha value is -1.48. The standard InChI is InChI=1S/C20H28FNSi/c1-14-10-15(8-9-17(14)21)18-11-16(12-20(2,3)4)19(13-22-18)23(5,6)7/h8-11,13H,12H2,1-7H3. The molecule has 0 N–H and O–H groups in total. The summed E-state index contributed by atoms with van der Waals surface area (Å²) in [4.78, 5) is 4.69. The van der Waals surface area contributed by atoms with Crippen molar-refractivity contribution in [1.29, 1.82) is 0 Å². The highest BCUT2D eigenvalue weighted by atomic mass is 28.3. The summed E-state index contributed by atoms with van der Waals surface area (Å²) in [5, 5.41) is 1.43. The van der Waals surface area contributed by atoms with Crippen molar-refractivity contribution in [3.63, 3.8) is 0 Å². The van der Waals surface area contributed by atoms with Gasteiger partial charge in [-0.25, -0.2) is 4.39 Å². The third-order valence-electron chi connectivity index (χ3n) is 3.97. The van der Waals surface area contributed by atoms with Gasteiger partial charge in [0.05, 0.1) is 13.8 Å². The molecular formula is C20H28FNSi.